The molecule has 0 aromatic rings. The summed E-state index contributed by atoms with van der Waals surface area (Å²) in [5, 5.41) is 6.54. The number of nitrogens with one attached hydrogen (secondary N) is 2. The van der Waals surface area contributed by atoms with Gasteiger partial charge >= 0.3 is 0 Å². The van der Waals surface area contributed by atoms with Crippen LogP contribution in [-0.2, 0) is 19.0 Å². The third-order valence-corrected chi connectivity index (χ3v) is 4.68. The molecule has 2 heterocycles. The molecule has 0 saturated carbocycles. The molecule has 1 amide bonds. The average Bonchev–Trinajstić information content (AvgIpc) is 3.09. The van der Waals surface area contributed by atoms with Crippen molar-refractivity contribution in [2.75, 3.05) is 39.6 Å². The van der Waals surface area contributed by atoms with E-state index in [4.69, 9.17) is 14.2 Å². The minimum atomic E-state index is -0.138. The van der Waals surface area contributed by atoms with Gasteiger partial charge in [-0.15, -0.1) is 0 Å². The third kappa shape index (κ3) is 7.05. The minimum absolute atomic E-state index is 0.0932. The van der Waals surface area contributed by atoms with Gasteiger partial charge in [0.2, 0.25) is 5.91 Å². The van der Waals surface area contributed by atoms with Crippen molar-refractivity contribution in [3.8, 4) is 0 Å². The summed E-state index contributed by atoms with van der Waals surface area (Å²) in [5.74, 6) is 0.360. The first-order valence-corrected chi connectivity index (χ1v) is 9.47. The smallest absolute Gasteiger partial charge is 0.237 e. The van der Waals surface area contributed by atoms with Crippen molar-refractivity contribution in [3.05, 3.63) is 0 Å². The van der Waals surface area contributed by atoms with Gasteiger partial charge < -0.3 is 24.8 Å². The molecule has 0 unspecified atom stereocenters. The van der Waals surface area contributed by atoms with Gasteiger partial charge in [-0.2, -0.15) is 0 Å². The zero-order valence-electron chi connectivity index (χ0n) is 15.2. The maximum atomic E-state index is 12.4. The molecule has 2 rings (SSSR count). The van der Waals surface area contributed by atoms with Crippen molar-refractivity contribution in [2.45, 2.75) is 64.1 Å². The van der Waals surface area contributed by atoms with Crippen molar-refractivity contribution in [1.29, 1.82) is 0 Å². The van der Waals surface area contributed by atoms with Gasteiger partial charge in [0.15, 0.2) is 0 Å². The molecule has 2 aliphatic rings. The van der Waals surface area contributed by atoms with E-state index in [2.05, 4.69) is 24.5 Å². The molecule has 2 N–H and O–H groups in total. The number of hydrogen-bond donors (Lipinski definition) is 2. The summed E-state index contributed by atoms with van der Waals surface area (Å²) in [4.78, 5) is 12.4. The fourth-order valence-electron chi connectivity index (χ4n) is 3.18. The zero-order valence-corrected chi connectivity index (χ0v) is 15.2. The summed E-state index contributed by atoms with van der Waals surface area (Å²) >= 11 is 0. The first-order valence-electron chi connectivity index (χ1n) is 9.47. The van der Waals surface area contributed by atoms with Crippen molar-refractivity contribution in [3.63, 3.8) is 0 Å². The Hall–Kier alpha value is -0.690. The van der Waals surface area contributed by atoms with E-state index in [0.29, 0.717) is 25.8 Å². The summed E-state index contributed by atoms with van der Waals surface area (Å²) in [6, 6.07) is 0.243. The lowest BCUT2D eigenvalue weighted by Crippen LogP contribution is -2.52. The summed E-state index contributed by atoms with van der Waals surface area (Å²) in [6.07, 6.45) is 5.31. The molecule has 0 aromatic heterocycles. The second kappa shape index (κ2) is 11.0. The number of amides is 1. The molecule has 0 bridgehead atoms. The second-order valence-electron chi connectivity index (χ2n) is 7.13. The fourth-order valence-corrected chi connectivity index (χ4v) is 3.18. The fraction of sp³-hybridized carbons (Fsp3) is 0.944. The lowest BCUT2D eigenvalue weighted by atomic mass is 10.00. The quantitative estimate of drug-likeness (QED) is 0.589. The van der Waals surface area contributed by atoms with E-state index in [-0.39, 0.29) is 24.0 Å². The SMILES string of the molecule is CC(C)[C@H](NC1CCOCC1)C(=O)NCCCOC[C@@H]1CCCO1. The van der Waals surface area contributed by atoms with Crippen LogP contribution < -0.4 is 10.6 Å². The third-order valence-electron chi connectivity index (χ3n) is 4.68. The Morgan fingerprint density at radius 3 is 2.67 bits per heavy atom. The Balaban J connectivity index is 1.57. The van der Waals surface area contributed by atoms with Gasteiger partial charge in [0, 0.05) is 39.0 Å². The summed E-state index contributed by atoms with van der Waals surface area (Å²) in [5.41, 5.74) is 0. The largest absolute Gasteiger partial charge is 0.381 e. The Kier molecular flexibility index (Phi) is 9.02. The zero-order chi connectivity index (χ0) is 17.2. The predicted octanol–water partition coefficient (Wildman–Crippen LogP) is 1.48. The van der Waals surface area contributed by atoms with Gasteiger partial charge in [-0.3, -0.25) is 4.79 Å². The molecule has 2 aliphatic heterocycles. The lowest BCUT2D eigenvalue weighted by molar-refractivity contribution is -0.124. The highest BCUT2D eigenvalue weighted by Gasteiger charge is 2.25. The molecular formula is C18H34N2O4. The first-order chi connectivity index (χ1) is 11.7. The van der Waals surface area contributed by atoms with Crippen LogP contribution in [0.2, 0.25) is 0 Å². The van der Waals surface area contributed by atoms with Gasteiger partial charge in [-0.25, -0.2) is 0 Å². The summed E-state index contributed by atoms with van der Waals surface area (Å²) in [7, 11) is 0. The van der Waals surface area contributed by atoms with E-state index < -0.39 is 0 Å². The molecule has 0 aliphatic carbocycles. The van der Waals surface area contributed by atoms with Gasteiger partial charge in [0.1, 0.15) is 0 Å². The lowest BCUT2D eigenvalue weighted by Gasteiger charge is -2.30. The number of carbonyl (C=O) groups is 1. The monoisotopic (exact) mass is 342 g/mol. The van der Waals surface area contributed by atoms with Crippen LogP contribution in [0.15, 0.2) is 0 Å². The van der Waals surface area contributed by atoms with Gasteiger partial charge in [-0.05, 0) is 38.0 Å². The van der Waals surface area contributed by atoms with Crippen molar-refractivity contribution in [1.82, 2.24) is 10.6 Å². The van der Waals surface area contributed by atoms with E-state index in [1.165, 1.54) is 0 Å². The van der Waals surface area contributed by atoms with Crippen LogP contribution in [0, 0.1) is 5.92 Å². The Morgan fingerprint density at radius 1 is 1.21 bits per heavy atom. The Morgan fingerprint density at radius 2 is 2.00 bits per heavy atom. The van der Waals surface area contributed by atoms with E-state index in [9.17, 15) is 4.79 Å². The molecule has 6 heteroatoms. The van der Waals surface area contributed by atoms with Gasteiger partial charge in [-0.1, -0.05) is 13.8 Å². The predicted molar refractivity (Wildman–Crippen MR) is 93.0 cm³/mol. The van der Waals surface area contributed by atoms with Crippen LogP contribution in [0.25, 0.3) is 0 Å². The molecule has 0 radical (unpaired) electrons. The normalized spacial score (nSPS) is 23.5. The summed E-state index contributed by atoms with van der Waals surface area (Å²) < 4.78 is 16.5. The summed E-state index contributed by atoms with van der Waals surface area (Å²) in [6.45, 7) is 8.60. The van der Waals surface area contributed by atoms with Crippen LogP contribution in [0.4, 0.5) is 0 Å². The molecule has 140 valence electrons. The number of rotatable bonds is 10. The van der Waals surface area contributed by atoms with Crippen molar-refractivity contribution < 1.29 is 19.0 Å². The van der Waals surface area contributed by atoms with Crippen molar-refractivity contribution in [2.24, 2.45) is 5.92 Å². The van der Waals surface area contributed by atoms with E-state index in [0.717, 1.165) is 51.9 Å². The molecular weight excluding hydrogens is 308 g/mol. The van der Waals surface area contributed by atoms with Gasteiger partial charge in [0.25, 0.3) is 0 Å². The maximum absolute atomic E-state index is 12.4. The molecule has 0 aromatic carbocycles. The van der Waals surface area contributed by atoms with Crippen LogP contribution in [0.5, 0.6) is 0 Å². The molecule has 24 heavy (non-hydrogen) atoms. The maximum Gasteiger partial charge on any atom is 0.237 e. The van der Waals surface area contributed by atoms with Crippen LogP contribution in [-0.4, -0.2) is 63.7 Å². The minimum Gasteiger partial charge on any atom is -0.381 e. The highest BCUT2D eigenvalue weighted by atomic mass is 16.5. The molecule has 2 fully saturated rings. The van der Waals surface area contributed by atoms with E-state index in [1.54, 1.807) is 0 Å². The highest BCUT2D eigenvalue weighted by molar-refractivity contribution is 5.82. The first kappa shape index (κ1) is 19.6. The Bertz CT molecular complexity index is 353. The molecule has 6 nitrogen and oxygen atoms in total. The molecule has 0 spiro atoms. The second-order valence-corrected chi connectivity index (χ2v) is 7.13. The van der Waals surface area contributed by atoms with Crippen LogP contribution in [0.1, 0.15) is 46.0 Å². The molecule has 2 saturated heterocycles. The van der Waals surface area contributed by atoms with E-state index >= 15 is 0 Å². The number of ether oxygens (including phenoxy) is 3. The van der Waals surface area contributed by atoms with Crippen LogP contribution in [0.3, 0.4) is 0 Å². The average molecular weight is 342 g/mol. The van der Waals surface area contributed by atoms with Crippen molar-refractivity contribution >= 4 is 5.91 Å². The highest BCUT2D eigenvalue weighted by Crippen LogP contribution is 2.12. The number of carbonyl (C=O) groups excluding carboxylic acids is 1. The van der Waals surface area contributed by atoms with E-state index in [1.807, 2.05) is 0 Å². The standard InChI is InChI=1S/C18H34N2O4/c1-14(2)17(20-15-6-11-22-12-7-15)18(21)19-8-4-9-23-13-16-5-3-10-24-16/h14-17,20H,3-13H2,1-2H3,(H,19,21)/t16-,17-/m0/s1. The topological polar surface area (TPSA) is 68.8 Å². The Labute approximate surface area is 146 Å². The number of hydrogen-bond acceptors (Lipinski definition) is 5. The van der Waals surface area contributed by atoms with Gasteiger partial charge in [0.05, 0.1) is 18.8 Å². The van der Waals surface area contributed by atoms with Crippen LogP contribution >= 0.6 is 0 Å². The molecule has 2 atom stereocenters.